The highest BCUT2D eigenvalue weighted by Crippen LogP contribution is 2.30. The van der Waals surface area contributed by atoms with Crippen LogP contribution in [0.25, 0.3) is 0 Å². The fraction of sp³-hybridized carbons (Fsp3) is 0.667. The summed E-state index contributed by atoms with van der Waals surface area (Å²) in [4.78, 5) is 5.07. The molecule has 0 saturated carbocycles. The van der Waals surface area contributed by atoms with E-state index < -0.39 is 0 Å². The third kappa shape index (κ3) is 4.00. The molecule has 1 atom stereocenters. The van der Waals surface area contributed by atoms with Gasteiger partial charge < -0.3 is 4.90 Å². The van der Waals surface area contributed by atoms with Gasteiger partial charge in [-0.25, -0.2) is 4.68 Å². The normalized spacial score (nSPS) is 17.3. The van der Waals surface area contributed by atoms with Crippen LogP contribution >= 0.6 is 0 Å². The lowest BCUT2D eigenvalue weighted by Crippen LogP contribution is -2.48. The van der Waals surface area contributed by atoms with Gasteiger partial charge in [0.15, 0.2) is 5.82 Å². The van der Waals surface area contributed by atoms with Crippen molar-refractivity contribution in [1.82, 2.24) is 25.1 Å². The van der Waals surface area contributed by atoms with E-state index in [1.165, 1.54) is 16.8 Å². The number of piperazine rings is 1. The molecule has 2 heterocycles. The molecule has 0 radical (unpaired) electrons. The second-order valence-electron chi connectivity index (χ2n) is 8.35. The molecule has 27 heavy (non-hydrogen) atoms. The van der Waals surface area contributed by atoms with Crippen molar-refractivity contribution in [3.63, 3.8) is 0 Å². The largest absolute Gasteiger partial charge is 0.369 e. The molecule has 1 saturated heterocycles. The zero-order chi connectivity index (χ0) is 19.6. The molecule has 148 valence electrons. The van der Waals surface area contributed by atoms with Crippen molar-refractivity contribution in [2.24, 2.45) is 0 Å². The van der Waals surface area contributed by atoms with Gasteiger partial charge >= 0.3 is 0 Å². The number of tetrazole rings is 1. The summed E-state index contributed by atoms with van der Waals surface area (Å²) in [6.07, 6.45) is 2.02. The molecule has 0 spiro atoms. The van der Waals surface area contributed by atoms with E-state index in [1.807, 2.05) is 4.68 Å². The standard InChI is InChI=1S/C21H34N6/c1-7-18(20-22-23-24-27(20)21(5,6)8-2)25-11-13-26(14-12-25)19-15-16(3)9-10-17(19)4/h9-10,15,18H,7-8,11-14H2,1-6H3/t18-/m0/s1. The molecule has 1 aromatic carbocycles. The molecule has 1 aliphatic rings. The van der Waals surface area contributed by atoms with E-state index in [0.29, 0.717) is 0 Å². The first-order valence-corrected chi connectivity index (χ1v) is 10.2. The second kappa shape index (κ2) is 7.97. The molecule has 2 aromatic rings. The van der Waals surface area contributed by atoms with Crippen molar-refractivity contribution >= 4 is 5.69 Å². The molecular formula is C21H34N6. The summed E-state index contributed by atoms with van der Waals surface area (Å²) in [5.41, 5.74) is 3.99. The van der Waals surface area contributed by atoms with Gasteiger partial charge in [-0.2, -0.15) is 0 Å². The lowest BCUT2D eigenvalue weighted by molar-refractivity contribution is 0.158. The van der Waals surface area contributed by atoms with E-state index in [1.54, 1.807) is 0 Å². The predicted octanol–water partition coefficient (Wildman–Crippen LogP) is 3.71. The maximum atomic E-state index is 4.43. The number of hydrogen-bond acceptors (Lipinski definition) is 5. The molecule has 6 nitrogen and oxygen atoms in total. The van der Waals surface area contributed by atoms with E-state index in [9.17, 15) is 0 Å². The van der Waals surface area contributed by atoms with Crippen molar-refractivity contribution in [2.75, 3.05) is 31.1 Å². The van der Waals surface area contributed by atoms with Crippen LogP contribution in [-0.2, 0) is 5.54 Å². The van der Waals surface area contributed by atoms with Gasteiger partial charge in [0.25, 0.3) is 0 Å². The van der Waals surface area contributed by atoms with Crippen LogP contribution in [-0.4, -0.2) is 51.3 Å². The molecule has 3 rings (SSSR count). The summed E-state index contributed by atoms with van der Waals surface area (Å²) in [7, 11) is 0. The summed E-state index contributed by atoms with van der Waals surface area (Å²) in [5, 5.41) is 12.8. The van der Waals surface area contributed by atoms with Crippen molar-refractivity contribution in [1.29, 1.82) is 0 Å². The van der Waals surface area contributed by atoms with Crippen LogP contribution in [0.1, 0.15) is 63.5 Å². The van der Waals surface area contributed by atoms with Crippen LogP contribution in [0.4, 0.5) is 5.69 Å². The Morgan fingerprint density at radius 2 is 1.78 bits per heavy atom. The van der Waals surface area contributed by atoms with Crippen molar-refractivity contribution in [2.45, 2.75) is 66.0 Å². The smallest absolute Gasteiger partial charge is 0.168 e. The topological polar surface area (TPSA) is 50.1 Å². The number of benzene rings is 1. The highest BCUT2D eigenvalue weighted by molar-refractivity contribution is 5.55. The number of anilines is 1. The third-order valence-electron chi connectivity index (χ3n) is 6.08. The van der Waals surface area contributed by atoms with E-state index in [-0.39, 0.29) is 11.6 Å². The van der Waals surface area contributed by atoms with Crippen molar-refractivity contribution < 1.29 is 0 Å². The third-order valence-corrected chi connectivity index (χ3v) is 6.08. The zero-order valence-electron chi connectivity index (χ0n) is 17.7. The molecule has 0 N–H and O–H groups in total. The average Bonchev–Trinajstić information content (AvgIpc) is 3.15. The van der Waals surface area contributed by atoms with Crippen LogP contribution < -0.4 is 4.90 Å². The Labute approximate surface area is 163 Å². The molecule has 0 amide bonds. The number of rotatable bonds is 6. The molecule has 1 aromatic heterocycles. The Bertz CT molecular complexity index is 758. The Balaban J connectivity index is 1.75. The lowest BCUT2D eigenvalue weighted by Gasteiger charge is -2.40. The predicted molar refractivity (Wildman–Crippen MR) is 110 cm³/mol. The Morgan fingerprint density at radius 1 is 1.07 bits per heavy atom. The van der Waals surface area contributed by atoms with E-state index in [4.69, 9.17) is 0 Å². The van der Waals surface area contributed by atoms with Gasteiger partial charge in [0.1, 0.15) is 0 Å². The lowest BCUT2D eigenvalue weighted by atomic mass is 10.0. The van der Waals surface area contributed by atoms with Crippen LogP contribution in [0, 0.1) is 13.8 Å². The Hall–Kier alpha value is -1.95. The highest BCUT2D eigenvalue weighted by Gasteiger charge is 2.32. The quantitative estimate of drug-likeness (QED) is 0.776. The molecule has 0 unspecified atom stereocenters. The number of nitrogens with zero attached hydrogens (tertiary/aromatic N) is 6. The summed E-state index contributed by atoms with van der Waals surface area (Å²) < 4.78 is 2.04. The minimum absolute atomic E-state index is 0.0627. The van der Waals surface area contributed by atoms with Crippen molar-refractivity contribution in [3.05, 3.63) is 35.2 Å². The van der Waals surface area contributed by atoms with Gasteiger partial charge in [-0.05, 0) is 68.2 Å². The SMILES string of the molecule is CC[C@@H](c1nnnn1C(C)(C)CC)N1CCN(c2cc(C)ccc2C)CC1. The second-order valence-corrected chi connectivity index (χ2v) is 8.35. The van der Waals surface area contributed by atoms with Gasteiger partial charge in [0, 0.05) is 31.9 Å². The number of aromatic nitrogens is 4. The first-order valence-electron chi connectivity index (χ1n) is 10.2. The van der Waals surface area contributed by atoms with Gasteiger partial charge in [0.2, 0.25) is 0 Å². The summed E-state index contributed by atoms with van der Waals surface area (Å²) in [6, 6.07) is 7.00. The summed E-state index contributed by atoms with van der Waals surface area (Å²) in [6.45, 7) is 17.4. The fourth-order valence-electron chi connectivity index (χ4n) is 3.92. The van der Waals surface area contributed by atoms with E-state index in [2.05, 4.69) is 85.1 Å². The molecule has 0 aliphatic carbocycles. The first-order chi connectivity index (χ1) is 12.9. The monoisotopic (exact) mass is 370 g/mol. The summed E-state index contributed by atoms with van der Waals surface area (Å²) in [5.74, 6) is 1.00. The molecular weight excluding hydrogens is 336 g/mol. The fourth-order valence-corrected chi connectivity index (χ4v) is 3.92. The first kappa shape index (κ1) is 19.8. The van der Waals surface area contributed by atoms with Gasteiger partial charge in [-0.15, -0.1) is 5.10 Å². The van der Waals surface area contributed by atoms with Crippen LogP contribution in [0.2, 0.25) is 0 Å². The average molecular weight is 371 g/mol. The zero-order valence-corrected chi connectivity index (χ0v) is 17.7. The van der Waals surface area contributed by atoms with Gasteiger partial charge in [0.05, 0.1) is 11.6 Å². The molecule has 1 aliphatic heterocycles. The summed E-state index contributed by atoms with van der Waals surface area (Å²) >= 11 is 0. The Morgan fingerprint density at radius 3 is 2.41 bits per heavy atom. The molecule has 6 heteroatoms. The van der Waals surface area contributed by atoms with Gasteiger partial charge in [-0.3, -0.25) is 4.90 Å². The van der Waals surface area contributed by atoms with Crippen LogP contribution in [0.3, 0.4) is 0 Å². The molecule has 1 fully saturated rings. The highest BCUT2D eigenvalue weighted by atomic mass is 15.6. The van der Waals surface area contributed by atoms with E-state index >= 15 is 0 Å². The minimum Gasteiger partial charge on any atom is -0.369 e. The van der Waals surface area contributed by atoms with Gasteiger partial charge in [-0.1, -0.05) is 26.0 Å². The van der Waals surface area contributed by atoms with E-state index in [0.717, 1.165) is 44.8 Å². The maximum Gasteiger partial charge on any atom is 0.168 e. The Kier molecular flexibility index (Phi) is 5.84. The molecule has 0 bridgehead atoms. The number of hydrogen-bond donors (Lipinski definition) is 0. The van der Waals surface area contributed by atoms with Crippen LogP contribution in [0.15, 0.2) is 18.2 Å². The van der Waals surface area contributed by atoms with Crippen molar-refractivity contribution in [3.8, 4) is 0 Å². The van der Waals surface area contributed by atoms with Crippen LogP contribution in [0.5, 0.6) is 0 Å². The number of aryl methyl sites for hydroxylation is 2. The maximum absolute atomic E-state index is 4.43. The minimum atomic E-state index is -0.0627.